The van der Waals surface area contributed by atoms with Crippen LogP contribution in [0.5, 0.6) is 52.5 Å². The predicted octanol–water partition coefficient (Wildman–Crippen LogP) is 12.9. The highest BCUT2D eigenvalue weighted by Gasteiger charge is 2.53. The standard InChI is InChI=1S/C66H48N6O9/c73-61-58(76-49-25-13-4-14-26-49)55(70(61)46-19-7-1-8-20-46)43-31-37-52(38-32-43)79-64-67-65(80-53-39-33-44(34-40-53)56-59(77-50-27-15-5-16-28-50)62(74)71(56)47-21-9-2-10-22-47)69-66(68-64)81-54-41-35-45(36-42-54)57-60(78-51-29-17-6-18-30-51)63(75)72(57)48-23-11-3-12-24-48/h1-42,55-60H. The van der Waals surface area contributed by atoms with Crippen LogP contribution in [0.4, 0.5) is 17.1 Å². The van der Waals surface area contributed by atoms with Crippen molar-refractivity contribution in [3.63, 3.8) is 0 Å². The Kier molecular flexibility index (Phi) is 13.5. The van der Waals surface area contributed by atoms with Gasteiger partial charge in [-0.25, -0.2) is 0 Å². The summed E-state index contributed by atoms with van der Waals surface area (Å²) in [6.45, 7) is 0. The summed E-state index contributed by atoms with van der Waals surface area (Å²) in [5, 5.41) is 0. The van der Waals surface area contributed by atoms with Crippen molar-refractivity contribution in [3.8, 4) is 52.5 Å². The molecule has 3 aliphatic rings. The molecule has 4 heterocycles. The van der Waals surface area contributed by atoms with Crippen molar-refractivity contribution in [1.29, 1.82) is 0 Å². The predicted molar refractivity (Wildman–Crippen MR) is 302 cm³/mol. The van der Waals surface area contributed by atoms with Crippen molar-refractivity contribution < 1.29 is 42.8 Å². The van der Waals surface area contributed by atoms with Gasteiger partial charge in [0.15, 0.2) is 0 Å². The number of β-lactam (4-membered cyclic amide) rings is 3. The van der Waals surface area contributed by atoms with E-state index in [4.69, 9.17) is 28.4 Å². The van der Waals surface area contributed by atoms with Crippen LogP contribution in [0.3, 0.4) is 0 Å². The van der Waals surface area contributed by atoms with Crippen LogP contribution < -0.4 is 43.1 Å². The Hall–Kier alpha value is -10.8. The molecule has 6 unspecified atom stereocenters. The van der Waals surface area contributed by atoms with Gasteiger partial charge in [-0.2, -0.15) is 0 Å². The van der Waals surface area contributed by atoms with E-state index in [0.717, 1.165) is 33.8 Å². The Bertz CT molecular complexity index is 3400. The third-order valence-corrected chi connectivity index (χ3v) is 14.1. The number of hydrogen-bond donors (Lipinski definition) is 0. The molecule has 6 atom stereocenters. The minimum absolute atomic E-state index is 0.134. The molecule has 0 aliphatic carbocycles. The monoisotopic (exact) mass is 1070 g/mol. The molecule has 0 saturated carbocycles. The fourth-order valence-corrected chi connectivity index (χ4v) is 10.2. The number of rotatable bonds is 18. The number of benzene rings is 9. The Balaban J connectivity index is 0.788. The van der Waals surface area contributed by atoms with Crippen molar-refractivity contribution in [1.82, 2.24) is 15.0 Å². The normalized spacial score (nSPS) is 19.1. The zero-order chi connectivity index (χ0) is 54.7. The summed E-state index contributed by atoms with van der Waals surface area (Å²) in [6, 6.07) is 76.3. The molecule has 13 rings (SSSR count). The van der Waals surface area contributed by atoms with Crippen molar-refractivity contribution in [3.05, 3.63) is 271 Å². The molecule has 15 nitrogen and oxygen atoms in total. The third-order valence-electron chi connectivity index (χ3n) is 14.1. The van der Waals surface area contributed by atoms with Gasteiger partial charge in [0.1, 0.15) is 52.6 Å². The van der Waals surface area contributed by atoms with E-state index >= 15 is 0 Å². The molecule has 3 amide bonds. The number of carbonyl (C=O) groups excluding carboxylic acids is 3. The van der Waals surface area contributed by atoms with Gasteiger partial charge in [-0.05, 0) is 126 Å². The lowest BCUT2D eigenvalue weighted by Gasteiger charge is -2.46. The van der Waals surface area contributed by atoms with Crippen LogP contribution >= 0.6 is 0 Å². The van der Waals surface area contributed by atoms with E-state index in [2.05, 4.69) is 15.0 Å². The largest absolute Gasteiger partial charge is 0.478 e. The summed E-state index contributed by atoms with van der Waals surface area (Å²) in [6.07, 6.45) is -2.30. The molecule has 0 radical (unpaired) electrons. The molecule has 9 aromatic carbocycles. The van der Waals surface area contributed by atoms with E-state index < -0.39 is 36.4 Å². The lowest BCUT2D eigenvalue weighted by Crippen LogP contribution is -2.61. The Morgan fingerprint density at radius 3 is 0.716 bits per heavy atom. The lowest BCUT2D eigenvalue weighted by molar-refractivity contribution is -0.135. The van der Waals surface area contributed by atoms with Crippen LogP contribution in [0.2, 0.25) is 0 Å². The number of nitrogens with zero attached hydrogens (tertiary/aromatic N) is 6. The van der Waals surface area contributed by atoms with Crippen molar-refractivity contribution in [2.24, 2.45) is 0 Å². The summed E-state index contributed by atoms with van der Waals surface area (Å²) in [5.74, 6) is 2.42. The molecule has 396 valence electrons. The van der Waals surface area contributed by atoms with Crippen molar-refractivity contribution in [2.75, 3.05) is 14.7 Å². The number of aromatic nitrogens is 3. The van der Waals surface area contributed by atoms with E-state index in [9.17, 15) is 14.4 Å². The van der Waals surface area contributed by atoms with E-state index in [1.807, 2.05) is 218 Å². The molecule has 1 aromatic heterocycles. The van der Waals surface area contributed by atoms with Gasteiger partial charge < -0.3 is 28.4 Å². The third kappa shape index (κ3) is 10.2. The number of carbonyl (C=O) groups is 3. The highest BCUT2D eigenvalue weighted by Crippen LogP contribution is 2.45. The maximum atomic E-state index is 13.7. The second-order valence-corrected chi connectivity index (χ2v) is 19.2. The van der Waals surface area contributed by atoms with Crippen LogP contribution in [-0.2, 0) is 14.4 Å². The molecule has 0 N–H and O–H groups in total. The molecule has 10 aromatic rings. The Morgan fingerprint density at radius 1 is 0.259 bits per heavy atom. The van der Waals surface area contributed by atoms with Gasteiger partial charge in [0.25, 0.3) is 17.7 Å². The number of para-hydroxylation sites is 6. The lowest BCUT2D eigenvalue weighted by atomic mass is 9.89. The maximum Gasteiger partial charge on any atom is 0.331 e. The average Bonchev–Trinajstić information content (AvgIpc) is 3.64. The first kappa shape index (κ1) is 49.8. The zero-order valence-electron chi connectivity index (χ0n) is 43.1. The van der Waals surface area contributed by atoms with Crippen LogP contribution in [0.1, 0.15) is 34.8 Å². The highest BCUT2D eigenvalue weighted by atomic mass is 16.5. The fraction of sp³-hybridized carbons (Fsp3) is 0.0909. The fourth-order valence-electron chi connectivity index (χ4n) is 10.2. The minimum atomic E-state index is -0.767. The minimum Gasteiger partial charge on any atom is -0.478 e. The molecule has 81 heavy (non-hydrogen) atoms. The van der Waals surface area contributed by atoms with Gasteiger partial charge in [-0.15, -0.1) is 15.0 Å². The van der Waals surface area contributed by atoms with E-state index in [0.29, 0.717) is 34.5 Å². The molecule has 3 aliphatic heterocycles. The SMILES string of the molecule is O=C1C(Oc2ccccc2)C(c2ccc(Oc3nc(Oc4ccc(C5C(Oc6ccccc6)C(=O)N5c5ccccc5)cc4)nc(Oc4ccc(C5C(Oc6ccccc6)C(=O)N5c5ccccc5)cc4)n3)cc2)N1c1ccccc1. The molecule has 3 saturated heterocycles. The summed E-state index contributed by atoms with van der Waals surface area (Å²) >= 11 is 0. The average molecular weight is 1070 g/mol. The summed E-state index contributed by atoms with van der Waals surface area (Å²) in [7, 11) is 0. The molecular weight excluding hydrogens is 1020 g/mol. The van der Waals surface area contributed by atoms with Crippen molar-refractivity contribution >= 4 is 34.8 Å². The van der Waals surface area contributed by atoms with Gasteiger partial charge in [0, 0.05) is 17.1 Å². The second kappa shape index (κ2) is 21.9. The van der Waals surface area contributed by atoms with Gasteiger partial charge in [-0.3, -0.25) is 29.1 Å². The van der Waals surface area contributed by atoms with Crippen LogP contribution in [-0.4, -0.2) is 51.0 Å². The summed E-state index contributed by atoms with van der Waals surface area (Å²) < 4.78 is 37.8. The van der Waals surface area contributed by atoms with Gasteiger partial charge in [0.2, 0.25) is 18.3 Å². The quantitative estimate of drug-likeness (QED) is 0.0751. The zero-order valence-corrected chi connectivity index (χ0v) is 43.1. The van der Waals surface area contributed by atoms with E-state index in [1.54, 1.807) is 51.1 Å². The van der Waals surface area contributed by atoms with Crippen molar-refractivity contribution in [2.45, 2.75) is 36.4 Å². The van der Waals surface area contributed by atoms with Gasteiger partial charge >= 0.3 is 18.0 Å². The molecule has 0 bridgehead atoms. The highest BCUT2D eigenvalue weighted by molar-refractivity contribution is 6.07. The molecular formula is C66H48N6O9. The summed E-state index contributed by atoms with van der Waals surface area (Å²) in [4.78, 5) is 60.0. The summed E-state index contributed by atoms with van der Waals surface area (Å²) in [5.41, 5.74) is 4.69. The Labute approximate surface area is 465 Å². The number of anilines is 3. The van der Waals surface area contributed by atoms with Gasteiger partial charge in [-0.1, -0.05) is 146 Å². The molecule has 3 fully saturated rings. The van der Waals surface area contributed by atoms with E-state index in [1.165, 1.54) is 0 Å². The van der Waals surface area contributed by atoms with Gasteiger partial charge in [0.05, 0.1) is 0 Å². The van der Waals surface area contributed by atoms with Crippen LogP contribution in [0, 0.1) is 0 Å². The molecule has 15 heteroatoms. The maximum absolute atomic E-state index is 13.7. The topological polar surface area (TPSA) is 155 Å². The second-order valence-electron chi connectivity index (χ2n) is 19.2. The van der Waals surface area contributed by atoms with Crippen LogP contribution in [0.25, 0.3) is 0 Å². The number of hydrogen-bond acceptors (Lipinski definition) is 12. The molecule has 0 spiro atoms. The first-order valence-corrected chi connectivity index (χ1v) is 26.3. The first-order chi connectivity index (χ1) is 39.9. The smallest absolute Gasteiger partial charge is 0.331 e. The van der Waals surface area contributed by atoms with E-state index in [-0.39, 0.29) is 35.8 Å². The Morgan fingerprint density at radius 2 is 0.481 bits per heavy atom. The number of ether oxygens (including phenoxy) is 6. The first-order valence-electron chi connectivity index (χ1n) is 26.3. The number of amides is 3. The van der Waals surface area contributed by atoms with Crippen LogP contribution in [0.15, 0.2) is 255 Å².